The third kappa shape index (κ3) is 4.72. The lowest BCUT2D eigenvalue weighted by Crippen LogP contribution is -2.20. The summed E-state index contributed by atoms with van der Waals surface area (Å²) in [6.07, 6.45) is 1.67. The highest BCUT2D eigenvalue weighted by atomic mass is 16.5. The zero-order valence-electron chi connectivity index (χ0n) is 17.3. The molecule has 2 aromatic heterocycles. The molecule has 31 heavy (non-hydrogen) atoms. The molecule has 0 fully saturated rings. The molecule has 0 atom stereocenters. The van der Waals surface area contributed by atoms with Gasteiger partial charge in [-0.3, -0.25) is 9.20 Å². The second-order valence-electron chi connectivity index (χ2n) is 7.18. The number of nitrogens with zero attached hydrogens (tertiary/aromatic N) is 2. The zero-order chi connectivity index (χ0) is 21.8. The summed E-state index contributed by atoms with van der Waals surface area (Å²) in [5.74, 6) is 0.479. The van der Waals surface area contributed by atoms with Crippen LogP contribution < -0.4 is 20.9 Å². The predicted molar refractivity (Wildman–Crippen MR) is 121 cm³/mol. The molecule has 2 amide bonds. The molecule has 0 radical (unpaired) electrons. The van der Waals surface area contributed by atoms with Gasteiger partial charge in [0, 0.05) is 18.0 Å². The van der Waals surface area contributed by atoms with Gasteiger partial charge in [-0.15, -0.1) is 0 Å². The Bertz CT molecular complexity index is 1310. The van der Waals surface area contributed by atoms with E-state index in [9.17, 15) is 9.59 Å². The van der Waals surface area contributed by atoms with Crippen LogP contribution in [-0.2, 0) is 6.61 Å². The number of aromatic nitrogens is 2. The largest absolute Gasteiger partial charge is 0.485 e. The van der Waals surface area contributed by atoms with E-state index in [0.29, 0.717) is 28.5 Å². The van der Waals surface area contributed by atoms with Gasteiger partial charge in [-0.25, -0.2) is 9.78 Å². The molecule has 2 aromatic carbocycles. The van der Waals surface area contributed by atoms with E-state index >= 15 is 0 Å². The van der Waals surface area contributed by atoms with Crippen molar-refractivity contribution in [2.45, 2.75) is 20.5 Å². The molecule has 0 aliphatic heterocycles. The molecule has 0 spiro atoms. The summed E-state index contributed by atoms with van der Waals surface area (Å²) in [5.41, 5.74) is 4.36. The molecule has 4 aromatic rings. The van der Waals surface area contributed by atoms with Crippen LogP contribution in [0.1, 0.15) is 16.8 Å². The second kappa shape index (κ2) is 8.71. The molecule has 2 N–H and O–H groups in total. The maximum Gasteiger partial charge on any atom is 0.323 e. The van der Waals surface area contributed by atoms with Crippen LogP contribution in [0.15, 0.2) is 77.7 Å². The fraction of sp³-hybridized carbons (Fsp3) is 0.125. The zero-order valence-corrected chi connectivity index (χ0v) is 17.3. The fourth-order valence-corrected chi connectivity index (χ4v) is 3.13. The molecule has 156 valence electrons. The predicted octanol–water partition coefficient (Wildman–Crippen LogP) is 4.53. The number of anilines is 2. The minimum atomic E-state index is -0.374. The van der Waals surface area contributed by atoms with Gasteiger partial charge in [-0.05, 0) is 61.4 Å². The average Bonchev–Trinajstić information content (AvgIpc) is 2.76. The maximum atomic E-state index is 12.5. The number of rotatable bonds is 5. The number of nitrogens with one attached hydrogen (secondary N) is 2. The number of carbonyl (C=O) groups excluding carboxylic acids is 1. The molecular formula is C24H22N4O3. The number of benzene rings is 2. The van der Waals surface area contributed by atoms with Crippen LogP contribution in [-0.4, -0.2) is 15.4 Å². The average molecular weight is 414 g/mol. The number of aryl methyl sites for hydroxylation is 2. The number of hydrogen-bond donors (Lipinski definition) is 2. The summed E-state index contributed by atoms with van der Waals surface area (Å²) < 4.78 is 7.33. The monoisotopic (exact) mass is 414 g/mol. The van der Waals surface area contributed by atoms with Crippen molar-refractivity contribution in [3.63, 3.8) is 0 Å². The number of hydrogen-bond acceptors (Lipinski definition) is 4. The number of ether oxygens (including phenoxy) is 1. The van der Waals surface area contributed by atoms with Gasteiger partial charge in [0.2, 0.25) is 0 Å². The molecule has 0 aliphatic rings. The molecule has 0 saturated heterocycles. The van der Waals surface area contributed by atoms with Crippen molar-refractivity contribution < 1.29 is 9.53 Å². The van der Waals surface area contributed by atoms with E-state index in [0.717, 1.165) is 11.1 Å². The minimum absolute atomic E-state index is 0.0953. The third-order valence-electron chi connectivity index (χ3n) is 4.90. The van der Waals surface area contributed by atoms with Crippen molar-refractivity contribution >= 4 is 23.1 Å². The first kappa shape index (κ1) is 20.2. The Morgan fingerprint density at radius 3 is 2.61 bits per heavy atom. The van der Waals surface area contributed by atoms with Gasteiger partial charge in [0.15, 0.2) is 0 Å². The van der Waals surface area contributed by atoms with Crippen molar-refractivity contribution in [2.24, 2.45) is 0 Å². The van der Waals surface area contributed by atoms with Crippen LogP contribution in [0, 0.1) is 13.8 Å². The third-order valence-corrected chi connectivity index (χ3v) is 4.90. The van der Waals surface area contributed by atoms with Crippen LogP contribution in [0.25, 0.3) is 5.65 Å². The smallest absolute Gasteiger partial charge is 0.323 e. The normalized spacial score (nSPS) is 10.6. The van der Waals surface area contributed by atoms with Gasteiger partial charge in [-0.1, -0.05) is 24.3 Å². The molecule has 4 rings (SSSR count). The topological polar surface area (TPSA) is 84.7 Å². The highest BCUT2D eigenvalue weighted by Gasteiger charge is 2.10. The number of para-hydroxylation sites is 2. The van der Waals surface area contributed by atoms with Crippen LogP contribution in [0.3, 0.4) is 0 Å². The Morgan fingerprint density at radius 2 is 1.77 bits per heavy atom. The molecule has 0 bridgehead atoms. The maximum absolute atomic E-state index is 12.5. The van der Waals surface area contributed by atoms with Gasteiger partial charge in [0.25, 0.3) is 5.56 Å². The number of carbonyl (C=O) groups is 1. The highest BCUT2D eigenvalue weighted by Crippen LogP contribution is 2.25. The van der Waals surface area contributed by atoms with E-state index in [1.165, 1.54) is 10.5 Å². The number of pyridine rings is 1. The second-order valence-corrected chi connectivity index (χ2v) is 7.18. The Kier molecular flexibility index (Phi) is 5.66. The molecule has 7 nitrogen and oxygen atoms in total. The van der Waals surface area contributed by atoms with Gasteiger partial charge >= 0.3 is 6.03 Å². The van der Waals surface area contributed by atoms with Crippen LogP contribution in [0.5, 0.6) is 5.75 Å². The van der Waals surface area contributed by atoms with Crippen molar-refractivity contribution in [3.05, 3.63) is 100 Å². The summed E-state index contributed by atoms with van der Waals surface area (Å²) in [5, 5.41) is 5.63. The van der Waals surface area contributed by atoms with Crippen LogP contribution >= 0.6 is 0 Å². The van der Waals surface area contributed by atoms with Gasteiger partial charge < -0.3 is 15.4 Å². The summed E-state index contributed by atoms with van der Waals surface area (Å²) in [6, 6.07) is 19.3. The summed E-state index contributed by atoms with van der Waals surface area (Å²) in [4.78, 5) is 29.2. The highest BCUT2D eigenvalue weighted by molar-refractivity contribution is 6.00. The van der Waals surface area contributed by atoms with E-state index < -0.39 is 0 Å². The van der Waals surface area contributed by atoms with Crippen molar-refractivity contribution in [1.82, 2.24) is 9.38 Å². The number of fused-ring (bicyclic) bond motifs is 1. The molecule has 7 heteroatoms. The Hall–Kier alpha value is -4.13. The van der Waals surface area contributed by atoms with Gasteiger partial charge in [0.1, 0.15) is 18.0 Å². The SMILES string of the molecule is Cc1ccc(NC(=O)Nc2ccccc2OCc2cc(=O)n3ccccc3n2)cc1C. The number of urea groups is 1. The summed E-state index contributed by atoms with van der Waals surface area (Å²) in [6.45, 7) is 4.11. The van der Waals surface area contributed by atoms with Gasteiger partial charge in [0.05, 0.1) is 11.4 Å². The first-order valence-electron chi connectivity index (χ1n) is 9.84. The summed E-state index contributed by atoms with van der Waals surface area (Å²) in [7, 11) is 0. The van der Waals surface area contributed by atoms with E-state index in [1.807, 2.05) is 44.2 Å². The standard InChI is InChI=1S/C24H22N4O3/c1-16-10-11-18(13-17(16)2)26-24(30)27-20-7-3-4-8-21(20)31-15-19-14-23(29)28-12-6-5-9-22(28)25-19/h3-14H,15H2,1-2H3,(H2,26,27,30). The Morgan fingerprint density at radius 1 is 0.968 bits per heavy atom. The van der Waals surface area contributed by atoms with Crippen molar-refractivity contribution in [3.8, 4) is 5.75 Å². The quantitative estimate of drug-likeness (QED) is 0.502. The lowest BCUT2D eigenvalue weighted by atomic mass is 10.1. The number of amides is 2. The Balaban J connectivity index is 1.46. The molecule has 0 unspecified atom stereocenters. The Labute approximate surface area is 179 Å². The molecule has 2 heterocycles. The molecular weight excluding hydrogens is 392 g/mol. The lowest BCUT2D eigenvalue weighted by molar-refractivity contribution is 0.261. The van der Waals surface area contributed by atoms with Crippen LogP contribution in [0.2, 0.25) is 0 Å². The van der Waals surface area contributed by atoms with E-state index in [2.05, 4.69) is 15.6 Å². The van der Waals surface area contributed by atoms with Crippen molar-refractivity contribution in [1.29, 1.82) is 0 Å². The van der Waals surface area contributed by atoms with Gasteiger partial charge in [-0.2, -0.15) is 0 Å². The van der Waals surface area contributed by atoms with E-state index in [-0.39, 0.29) is 18.2 Å². The van der Waals surface area contributed by atoms with Crippen molar-refractivity contribution in [2.75, 3.05) is 10.6 Å². The van der Waals surface area contributed by atoms with E-state index in [1.54, 1.807) is 36.5 Å². The summed E-state index contributed by atoms with van der Waals surface area (Å²) >= 11 is 0. The fourth-order valence-electron chi connectivity index (χ4n) is 3.13. The first-order valence-corrected chi connectivity index (χ1v) is 9.84. The lowest BCUT2D eigenvalue weighted by Gasteiger charge is -2.13. The molecule has 0 aliphatic carbocycles. The first-order chi connectivity index (χ1) is 15.0. The van der Waals surface area contributed by atoms with Crippen LogP contribution in [0.4, 0.5) is 16.2 Å². The van der Waals surface area contributed by atoms with E-state index in [4.69, 9.17) is 4.74 Å². The molecule has 0 saturated carbocycles. The minimum Gasteiger partial charge on any atom is -0.485 e.